The van der Waals surface area contributed by atoms with Gasteiger partial charge in [-0.3, -0.25) is 4.79 Å². The van der Waals surface area contributed by atoms with Crippen molar-refractivity contribution in [2.45, 2.75) is 12.6 Å². The van der Waals surface area contributed by atoms with Gasteiger partial charge in [0.2, 0.25) is 0 Å². The van der Waals surface area contributed by atoms with Crippen molar-refractivity contribution in [3.63, 3.8) is 0 Å². The smallest absolute Gasteiger partial charge is 0.347 e. The second kappa shape index (κ2) is 5.36. The molecule has 0 atom stereocenters. The number of halogens is 4. The van der Waals surface area contributed by atoms with Crippen molar-refractivity contribution < 1.29 is 18.0 Å². The van der Waals surface area contributed by atoms with E-state index in [0.29, 0.717) is 20.9 Å². The Morgan fingerprint density at radius 1 is 1.29 bits per heavy atom. The van der Waals surface area contributed by atoms with Crippen LogP contribution < -0.4 is 0 Å². The molecular formula is C14H14BrF3N2O. The Kier molecular flexibility index (Phi) is 4.06. The lowest BCUT2D eigenvalue weighted by Crippen LogP contribution is -2.22. The topological polar surface area (TPSA) is 25.2 Å². The van der Waals surface area contributed by atoms with Gasteiger partial charge in [-0.1, -0.05) is 0 Å². The monoisotopic (exact) mass is 362 g/mol. The molecule has 0 aliphatic carbocycles. The van der Waals surface area contributed by atoms with E-state index in [1.807, 2.05) is 0 Å². The van der Waals surface area contributed by atoms with E-state index in [0.717, 1.165) is 0 Å². The van der Waals surface area contributed by atoms with Gasteiger partial charge in [-0.05, 0) is 34.1 Å². The molecule has 21 heavy (non-hydrogen) atoms. The number of amides is 1. The first-order chi connectivity index (χ1) is 9.60. The zero-order valence-corrected chi connectivity index (χ0v) is 13.3. The number of aromatic nitrogens is 1. The van der Waals surface area contributed by atoms with Crippen molar-refractivity contribution in [3.05, 3.63) is 33.9 Å². The van der Waals surface area contributed by atoms with Crippen molar-refractivity contribution in [2.75, 3.05) is 14.1 Å². The molecule has 1 aromatic carbocycles. The molecule has 0 spiro atoms. The lowest BCUT2D eigenvalue weighted by molar-refractivity contribution is -0.128. The van der Waals surface area contributed by atoms with E-state index in [1.165, 1.54) is 15.5 Å². The predicted octanol–water partition coefficient (Wildman–Crippen LogP) is 3.75. The van der Waals surface area contributed by atoms with Gasteiger partial charge < -0.3 is 9.47 Å². The van der Waals surface area contributed by atoms with Crippen molar-refractivity contribution in [2.24, 2.45) is 7.05 Å². The number of benzene rings is 1. The molecule has 7 heteroatoms. The van der Waals surface area contributed by atoms with Crippen LogP contribution in [-0.2, 0) is 13.5 Å². The molecular weight excluding hydrogens is 349 g/mol. The van der Waals surface area contributed by atoms with Crippen molar-refractivity contribution in [1.82, 2.24) is 9.47 Å². The maximum atomic E-state index is 12.6. The fourth-order valence-corrected chi connectivity index (χ4v) is 2.70. The largest absolute Gasteiger partial charge is 0.394 e. The van der Waals surface area contributed by atoms with Crippen LogP contribution in [0.3, 0.4) is 0 Å². The minimum Gasteiger partial charge on any atom is -0.347 e. The number of carbonyl (C=O) groups is 1. The summed E-state index contributed by atoms with van der Waals surface area (Å²) in [5.74, 6) is -0.204. The summed E-state index contributed by atoms with van der Waals surface area (Å²) in [5, 5.41) is 0.616. The predicted molar refractivity (Wildman–Crippen MR) is 78.4 cm³/mol. The highest BCUT2D eigenvalue weighted by atomic mass is 79.9. The fraction of sp³-hybridized carbons (Fsp3) is 0.357. The number of nitrogens with zero attached hydrogens (tertiary/aromatic N) is 2. The normalized spacial score (nSPS) is 12.0. The van der Waals surface area contributed by atoms with Crippen LogP contribution in [0.5, 0.6) is 0 Å². The first kappa shape index (κ1) is 15.9. The average Bonchev–Trinajstić information content (AvgIpc) is 2.62. The second-order valence-electron chi connectivity index (χ2n) is 5.08. The highest BCUT2D eigenvalue weighted by Gasteiger charge is 2.29. The Morgan fingerprint density at radius 2 is 1.90 bits per heavy atom. The van der Waals surface area contributed by atoms with Crippen LogP contribution in [-0.4, -0.2) is 35.6 Å². The molecule has 1 heterocycles. The summed E-state index contributed by atoms with van der Waals surface area (Å²) in [6.45, 7) is 0. The van der Waals surface area contributed by atoms with Crippen LogP contribution >= 0.6 is 15.9 Å². The van der Waals surface area contributed by atoms with Gasteiger partial charge >= 0.3 is 6.18 Å². The Labute approximate surface area is 128 Å². The Bertz CT molecular complexity index is 704. The minimum atomic E-state index is -4.26. The quantitative estimate of drug-likeness (QED) is 0.798. The fourth-order valence-electron chi connectivity index (χ4n) is 2.20. The summed E-state index contributed by atoms with van der Waals surface area (Å²) in [7, 11) is 4.83. The maximum Gasteiger partial charge on any atom is 0.394 e. The molecule has 0 N–H and O–H groups in total. The summed E-state index contributed by atoms with van der Waals surface area (Å²) in [5.41, 5.74) is 1.24. The molecule has 0 fully saturated rings. The minimum absolute atomic E-state index is 0.166. The Balaban J connectivity index is 2.57. The van der Waals surface area contributed by atoms with Gasteiger partial charge in [0, 0.05) is 42.2 Å². The van der Waals surface area contributed by atoms with Crippen LogP contribution in [0, 0.1) is 0 Å². The number of carbonyl (C=O) groups excluding carboxylic acids is 1. The summed E-state index contributed by atoms with van der Waals surface area (Å²) in [6.07, 6.45) is -5.26. The van der Waals surface area contributed by atoms with E-state index in [4.69, 9.17) is 0 Å². The van der Waals surface area contributed by atoms with E-state index in [2.05, 4.69) is 15.9 Å². The number of fused-ring (bicyclic) bond motifs is 1. The summed E-state index contributed by atoms with van der Waals surface area (Å²) in [6, 6.07) is 4.76. The molecule has 114 valence electrons. The highest BCUT2D eigenvalue weighted by molar-refractivity contribution is 9.10. The van der Waals surface area contributed by atoms with Crippen molar-refractivity contribution in [1.29, 1.82) is 0 Å². The van der Waals surface area contributed by atoms with Crippen LogP contribution in [0.1, 0.15) is 16.1 Å². The molecule has 2 rings (SSSR count). The Hall–Kier alpha value is -1.50. The lowest BCUT2D eigenvalue weighted by atomic mass is 10.1. The molecule has 1 aromatic heterocycles. The Morgan fingerprint density at radius 3 is 2.43 bits per heavy atom. The van der Waals surface area contributed by atoms with Gasteiger partial charge in [-0.2, -0.15) is 13.2 Å². The first-order valence-electron chi connectivity index (χ1n) is 6.16. The SMILES string of the molecule is CN(C)C(=O)c1cc2cc(CC(F)(F)F)n(C)c2cc1Br. The van der Waals surface area contributed by atoms with Gasteiger partial charge in [0.25, 0.3) is 5.91 Å². The number of aryl methyl sites for hydroxylation is 1. The third-order valence-corrected chi connectivity index (χ3v) is 3.90. The molecule has 2 aromatic rings. The zero-order chi connectivity index (χ0) is 15.9. The number of rotatable bonds is 2. The molecule has 0 aliphatic rings. The van der Waals surface area contributed by atoms with E-state index >= 15 is 0 Å². The third-order valence-electron chi connectivity index (χ3n) is 3.25. The van der Waals surface area contributed by atoms with Gasteiger partial charge in [0.1, 0.15) is 0 Å². The molecule has 0 saturated heterocycles. The molecule has 3 nitrogen and oxygen atoms in total. The number of alkyl halides is 3. The number of hydrogen-bond donors (Lipinski definition) is 0. The molecule has 0 saturated carbocycles. The number of hydrogen-bond acceptors (Lipinski definition) is 1. The standard InChI is InChI=1S/C14H14BrF3N2O/c1-19(2)13(21)10-5-8-4-9(7-14(16,17)18)20(3)12(8)6-11(10)15/h4-6H,7H2,1-3H3. The molecule has 1 amide bonds. The van der Waals surface area contributed by atoms with Crippen molar-refractivity contribution >= 4 is 32.7 Å². The van der Waals surface area contributed by atoms with Gasteiger partial charge in [0.15, 0.2) is 0 Å². The zero-order valence-electron chi connectivity index (χ0n) is 11.8. The average molecular weight is 363 g/mol. The van der Waals surface area contributed by atoms with E-state index < -0.39 is 12.6 Å². The molecule has 0 bridgehead atoms. The second-order valence-corrected chi connectivity index (χ2v) is 5.93. The van der Waals surface area contributed by atoms with E-state index in [9.17, 15) is 18.0 Å². The summed E-state index contributed by atoms with van der Waals surface area (Å²) < 4.78 is 39.7. The highest BCUT2D eigenvalue weighted by Crippen LogP contribution is 2.30. The molecule has 0 unspecified atom stereocenters. The van der Waals surface area contributed by atoms with Gasteiger partial charge in [-0.25, -0.2) is 0 Å². The van der Waals surface area contributed by atoms with Gasteiger partial charge in [0.05, 0.1) is 12.0 Å². The van der Waals surface area contributed by atoms with Crippen LogP contribution in [0.4, 0.5) is 13.2 Å². The van der Waals surface area contributed by atoms with E-state index in [-0.39, 0.29) is 11.6 Å². The summed E-state index contributed by atoms with van der Waals surface area (Å²) in [4.78, 5) is 13.5. The van der Waals surface area contributed by atoms with Gasteiger partial charge in [-0.15, -0.1) is 0 Å². The third kappa shape index (κ3) is 3.23. The van der Waals surface area contributed by atoms with Crippen LogP contribution in [0.15, 0.2) is 22.7 Å². The van der Waals surface area contributed by atoms with Crippen LogP contribution in [0.2, 0.25) is 0 Å². The van der Waals surface area contributed by atoms with Crippen molar-refractivity contribution in [3.8, 4) is 0 Å². The maximum absolute atomic E-state index is 12.6. The first-order valence-corrected chi connectivity index (χ1v) is 6.95. The van der Waals surface area contributed by atoms with E-state index in [1.54, 1.807) is 33.3 Å². The summed E-state index contributed by atoms with van der Waals surface area (Å²) >= 11 is 3.31. The molecule has 0 radical (unpaired) electrons. The van der Waals surface area contributed by atoms with Crippen LogP contribution in [0.25, 0.3) is 10.9 Å². The lowest BCUT2D eigenvalue weighted by Gasteiger charge is -2.12. The molecule has 0 aliphatic heterocycles.